The third kappa shape index (κ3) is 10.1. The van der Waals surface area contributed by atoms with Crippen molar-refractivity contribution in [1.29, 1.82) is 0 Å². The molecular formula is C9H21NO4S. The first-order chi connectivity index (χ1) is 6.99. The second-order valence-electron chi connectivity index (χ2n) is 3.15. The molecule has 0 amide bonds. The van der Waals surface area contributed by atoms with Crippen LogP contribution in [0.5, 0.6) is 0 Å². The van der Waals surface area contributed by atoms with Gasteiger partial charge < -0.3 is 9.47 Å². The molecule has 0 aliphatic heterocycles. The molecule has 0 rings (SSSR count). The van der Waals surface area contributed by atoms with Crippen molar-refractivity contribution in [3.8, 4) is 0 Å². The van der Waals surface area contributed by atoms with E-state index in [0.717, 1.165) is 6.26 Å². The fourth-order valence-corrected chi connectivity index (χ4v) is 1.63. The van der Waals surface area contributed by atoms with E-state index < -0.39 is 10.0 Å². The molecule has 0 aliphatic carbocycles. The molecule has 0 aromatic heterocycles. The van der Waals surface area contributed by atoms with Crippen LogP contribution in [0.4, 0.5) is 0 Å². The van der Waals surface area contributed by atoms with Crippen molar-refractivity contribution in [2.24, 2.45) is 0 Å². The summed E-state index contributed by atoms with van der Waals surface area (Å²) in [6, 6.07) is 0. The molecule has 0 aromatic carbocycles. The summed E-state index contributed by atoms with van der Waals surface area (Å²) >= 11 is 0. The largest absolute Gasteiger partial charge is 0.353 e. The topological polar surface area (TPSA) is 64.6 Å². The summed E-state index contributed by atoms with van der Waals surface area (Å²) in [6.45, 7) is 5.44. The Balaban J connectivity index is 3.61. The van der Waals surface area contributed by atoms with Crippen LogP contribution in [0.15, 0.2) is 0 Å². The van der Waals surface area contributed by atoms with Gasteiger partial charge in [0.15, 0.2) is 6.29 Å². The number of nitrogens with one attached hydrogen (secondary N) is 1. The molecule has 92 valence electrons. The average Bonchev–Trinajstić information content (AvgIpc) is 2.11. The Morgan fingerprint density at radius 2 is 1.73 bits per heavy atom. The SMILES string of the molecule is CCOC(CCCNS(C)(=O)=O)OCC. The van der Waals surface area contributed by atoms with E-state index in [1.807, 2.05) is 13.8 Å². The Hall–Kier alpha value is -0.170. The monoisotopic (exact) mass is 239 g/mol. The van der Waals surface area contributed by atoms with Gasteiger partial charge in [0, 0.05) is 19.8 Å². The normalized spacial score (nSPS) is 12.3. The van der Waals surface area contributed by atoms with Crippen molar-refractivity contribution >= 4 is 10.0 Å². The zero-order valence-electron chi connectivity index (χ0n) is 9.65. The Kier molecular flexibility index (Phi) is 7.95. The summed E-state index contributed by atoms with van der Waals surface area (Å²) in [5.41, 5.74) is 0. The van der Waals surface area contributed by atoms with Crippen molar-refractivity contribution in [3.63, 3.8) is 0 Å². The summed E-state index contributed by atoms with van der Waals surface area (Å²) in [7, 11) is -3.08. The predicted octanol–water partition coefficient (Wildman–Crippen LogP) is 0.715. The van der Waals surface area contributed by atoms with Crippen molar-refractivity contribution in [2.45, 2.75) is 33.0 Å². The predicted molar refractivity (Wildman–Crippen MR) is 59.1 cm³/mol. The first kappa shape index (κ1) is 14.8. The van der Waals surface area contributed by atoms with E-state index in [4.69, 9.17) is 9.47 Å². The highest BCUT2D eigenvalue weighted by Gasteiger charge is 2.07. The molecule has 0 fully saturated rings. The van der Waals surface area contributed by atoms with Gasteiger partial charge >= 0.3 is 0 Å². The number of rotatable bonds is 9. The first-order valence-electron chi connectivity index (χ1n) is 5.17. The minimum atomic E-state index is -3.08. The summed E-state index contributed by atoms with van der Waals surface area (Å²) in [4.78, 5) is 0. The van der Waals surface area contributed by atoms with Crippen LogP contribution in [0.3, 0.4) is 0 Å². The van der Waals surface area contributed by atoms with E-state index in [0.29, 0.717) is 32.6 Å². The Bertz CT molecular complexity index is 234. The maximum Gasteiger partial charge on any atom is 0.208 e. The highest BCUT2D eigenvalue weighted by atomic mass is 32.2. The van der Waals surface area contributed by atoms with Gasteiger partial charge in [-0.2, -0.15) is 0 Å². The van der Waals surface area contributed by atoms with Crippen LogP contribution >= 0.6 is 0 Å². The van der Waals surface area contributed by atoms with Crippen LogP contribution in [-0.4, -0.2) is 40.7 Å². The van der Waals surface area contributed by atoms with Gasteiger partial charge in [-0.25, -0.2) is 13.1 Å². The van der Waals surface area contributed by atoms with E-state index in [1.165, 1.54) is 0 Å². The Labute approximate surface area is 92.2 Å². The first-order valence-corrected chi connectivity index (χ1v) is 7.06. The Morgan fingerprint density at radius 3 is 2.13 bits per heavy atom. The van der Waals surface area contributed by atoms with E-state index in [1.54, 1.807) is 0 Å². The van der Waals surface area contributed by atoms with Gasteiger partial charge in [0.2, 0.25) is 10.0 Å². The number of ether oxygens (including phenoxy) is 2. The van der Waals surface area contributed by atoms with Crippen LogP contribution < -0.4 is 4.72 Å². The lowest BCUT2D eigenvalue weighted by atomic mass is 10.3. The lowest BCUT2D eigenvalue weighted by Gasteiger charge is -2.16. The molecule has 1 N–H and O–H groups in total. The van der Waals surface area contributed by atoms with Crippen molar-refractivity contribution in [2.75, 3.05) is 26.0 Å². The summed E-state index contributed by atoms with van der Waals surface area (Å²) in [5, 5.41) is 0. The maximum atomic E-state index is 10.8. The minimum absolute atomic E-state index is 0.221. The van der Waals surface area contributed by atoms with E-state index >= 15 is 0 Å². The van der Waals surface area contributed by atoms with Gasteiger partial charge in [-0.05, 0) is 26.7 Å². The van der Waals surface area contributed by atoms with Crippen LogP contribution in [0.25, 0.3) is 0 Å². The van der Waals surface area contributed by atoms with Crippen LogP contribution in [0.2, 0.25) is 0 Å². The Morgan fingerprint density at radius 1 is 1.20 bits per heavy atom. The lowest BCUT2D eigenvalue weighted by Crippen LogP contribution is -2.25. The molecule has 0 aromatic rings. The van der Waals surface area contributed by atoms with Crippen molar-refractivity contribution in [1.82, 2.24) is 4.72 Å². The molecule has 0 unspecified atom stereocenters. The third-order valence-electron chi connectivity index (χ3n) is 1.69. The van der Waals surface area contributed by atoms with Crippen LogP contribution in [0.1, 0.15) is 26.7 Å². The minimum Gasteiger partial charge on any atom is -0.353 e. The highest BCUT2D eigenvalue weighted by molar-refractivity contribution is 7.88. The highest BCUT2D eigenvalue weighted by Crippen LogP contribution is 2.03. The smallest absolute Gasteiger partial charge is 0.208 e. The van der Waals surface area contributed by atoms with Gasteiger partial charge in [-0.1, -0.05) is 0 Å². The van der Waals surface area contributed by atoms with Crippen molar-refractivity contribution < 1.29 is 17.9 Å². The molecule has 6 heteroatoms. The molecular weight excluding hydrogens is 218 g/mol. The fourth-order valence-electron chi connectivity index (χ4n) is 1.11. The van der Waals surface area contributed by atoms with Gasteiger partial charge in [-0.15, -0.1) is 0 Å². The molecule has 0 atom stereocenters. The third-order valence-corrected chi connectivity index (χ3v) is 2.41. The molecule has 15 heavy (non-hydrogen) atoms. The standard InChI is InChI=1S/C9H21NO4S/c1-4-13-9(14-5-2)7-6-8-10-15(3,11)12/h9-10H,4-8H2,1-3H3. The summed E-state index contributed by atoms with van der Waals surface area (Å²) in [5.74, 6) is 0. The maximum absolute atomic E-state index is 10.8. The van der Waals surface area contributed by atoms with Gasteiger partial charge in [0.1, 0.15) is 0 Å². The fraction of sp³-hybridized carbons (Fsp3) is 1.00. The second-order valence-corrected chi connectivity index (χ2v) is 4.98. The summed E-state index contributed by atoms with van der Waals surface area (Å²) < 4.78 is 34.6. The number of hydrogen-bond donors (Lipinski definition) is 1. The zero-order valence-corrected chi connectivity index (χ0v) is 10.5. The van der Waals surface area contributed by atoms with Crippen LogP contribution in [0, 0.1) is 0 Å². The molecule has 0 heterocycles. The molecule has 0 radical (unpaired) electrons. The number of sulfonamides is 1. The second kappa shape index (κ2) is 8.04. The molecule has 5 nitrogen and oxygen atoms in total. The molecule has 0 saturated carbocycles. The number of hydrogen-bond acceptors (Lipinski definition) is 4. The molecule has 0 aliphatic rings. The summed E-state index contributed by atoms with van der Waals surface area (Å²) in [6.07, 6.45) is 2.33. The van der Waals surface area contributed by atoms with Crippen LogP contribution in [-0.2, 0) is 19.5 Å². The average molecular weight is 239 g/mol. The van der Waals surface area contributed by atoms with E-state index in [9.17, 15) is 8.42 Å². The quantitative estimate of drug-likeness (QED) is 0.475. The lowest BCUT2D eigenvalue weighted by molar-refractivity contribution is -0.139. The van der Waals surface area contributed by atoms with E-state index in [-0.39, 0.29) is 6.29 Å². The zero-order chi connectivity index (χ0) is 11.7. The van der Waals surface area contributed by atoms with Crippen molar-refractivity contribution in [3.05, 3.63) is 0 Å². The molecule has 0 bridgehead atoms. The van der Waals surface area contributed by atoms with Gasteiger partial charge in [0.25, 0.3) is 0 Å². The molecule has 0 spiro atoms. The van der Waals surface area contributed by atoms with Gasteiger partial charge in [-0.3, -0.25) is 0 Å². The van der Waals surface area contributed by atoms with E-state index in [2.05, 4.69) is 4.72 Å². The van der Waals surface area contributed by atoms with Gasteiger partial charge in [0.05, 0.1) is 6.26 Å². The molecule has 0 saturated heterocycles.